The molecule has 110 valence electrons. The van der Waals surface area contributed by atoms with Gasteiger partial charge in [-0.3, -0.25) is 9.69 Å². The zero-order valence-corrected chi connectivity index (χ0v) is 12.5. The summed E-state index contributed by atoms with van der Waals surface area (Å²) in [6.45, 7) is 7.32. The summed E-state index contributed by atoms with van der Waals surface area (Å²) >= 11 is 0. The van der Waals surface area contributed by atoms with Crippen molar-refractivity contribution in [2.45, 2.75) is 13.3 Å². The molecule has 1 aromatic carbocycles. The Morgan fingerprint density at radius 2 is 2.00 bits per heavy atom. The second kappa shape index (κ2) is 7.41. The fraction of sp³-hybridized carbons (Fsp3) is 0.562. The SMILES string of the molecule is COCCN1CCN(C(=O)Cc2cccc(C)c2)CC1. The monoisotopic (exact) mass is 276 g/mol. The molecule has 0 unspecified atom stereocenters. The first kappa shape index (κ1) is 15.0. The van der Waals surface area contributed by atoms with Gasteiger partial charge in [0.05, 0.1) is 13.0 Å². The summed E-state index contributed by atoms with van der Waals surface area (Å²) in [7, 11) is 1.72. The molecule has 1 amide bonds. The molecule has 0 bridgehead atoms. The fourth-order valence-electron chi connectivity index (χ4n) is 2.55. The highest BCUT2D eigenvalue weighted by Crippen LogP contribution is 2.08. The Hall–Kier alpha value is -1.39. The van der Waals surface area contributed by atoms with E-state index >= 15 is 0 Å². The van der Waals surface area contributed by atoms with E-state index in [1.165, 1.54) is 5.56 Å². The first-order chi connectivity index (χ1) is 9.69. The van der Waals surface area contributed by atoms with Crippen LogP contribution in [-0.2, 0) is 16.0 Å². The summed E-state index contributed by atoms with van der Waals surface area (Å²) in [5.41, 5.74) is 2.32. The second-order valence-electron chi connectivity index (χ2n) is 5.38. The maximum atomic E-state index is 12.3. The van der Waals surface area contributed by atoms with E-state index in [0.717, 1.165) is 44.9 Å². The van der Waals surface area contributed by atoms with E-state index in [9.17, 15) is 4.79 Å². The van der Waals surface area contributed by atoms with E-state index in [0.29, 0.717) is 6.42 Å². The number of piperazine rings is 1. The van der Waals surface area contributed by atoms with Gasteiger partial charge in [-0.2, -0.15) is 0 Å². The van der Waals surface area contributed by atoms with E-state index < -0.39 is 0 Å². The van der Waals surface area contributed by atoms with Crippen LogP contribution in [-0.4, -0.2) is 62.1 Å². The van der Waals surface area contributed by atoms with Crippen LogP contribution in [0.5, 0.6) is 0 Å². The van der Waals surface area contributed by atoms with Crippen molar-refractivity contribution in [2.24, 2.45) is 0 Å². The molecule has 1 aliphatic heterocycles. The highest BCUT2D eigenvalue weighted by molar-refractivity contribution is 5.78. The van der Waals surface area contributed by atoms with E-state index in [4.69, 9.17) is 4.74 Å². The molecule has 1 fully saturated rings. The molecular weight excluding hydrogens is 252 g/mol. The first-order valence-corrected chi connectivity index (χ1v) is 7.23. The van der Waals surface area contributed by atoms with Gasteiger partial charge < -0.3 is 9.64 Å². The lowest BCUT2D eigenvalue weighted by Gasteiger charge is -2.34. The molecule has 0 spiro atoms. The molecule has 4 heteroatoms. The van der Waals surface area contributed by atoms with Gasteiger partial charge in [0.15, 0.2) is 0 Å². The van der Waals surface area contributed by atoms with Gasteiger partial charge in [0.2, 0.25) is 5.91 Å². The van der Waals surface area contributed by atoms with Crippen molar-refractivity contribution in [2.75, 3.05) is 46.4 Å². The molecule has 1 saturated heterocycles. The van der Waals surface area contributed by atoms with E-state index in [1.54, 1.807) is 7.11 Å². The lowest BCUT2D eigenvalue weighted by molar-refractivity contribution is -0.132. The van der Waals surface area contributed by atoms with Gasteiger partial charge in [-0.15, -0.1) is 0 Å². The molecule has 2 rings (SSSR count). The number of nitrogens with zero attached hydrogens (tertiary/aromatic N) is 2. The summed E-state index contributed by atoms with van der Waals surface area (Å²) in [6, 6.07) is 8.19. The maximum Gasteiger partial charge on any atom is 0.227 e. The number of carbonyl (C=O) groups is 1. The minimum absolute atomic E-state index is 0.238. The minimum atomic E-state index is 0.238. The zero-order chi connectivity index (χ0) is 14.4. The molecule has 1 heterocycles. The third kappa shape index (κ3) is 4.32. The van der Waals surface area contributed by atoms with E-state index in [-0.39, 0.29) is 5.91 Å². The predicted octanol–water partition coefficient (Wildman–Crippen LogP) is 1.33. The van der Waals surface area contributed by atoms with Crippen molar-refractivity contribution in [1.29, 1.82) is 0 Å². The summed E-state index contributed by atoms with van der Waals surface area (Å²) < 4.78 is 5.09. The van der Waals surface area contributed by atoms with Gasteiger partial charge in [-0.25, -0.2) is 0 Å². The normalized spacial score (nSPS) is 16.4. The Labute approximate surface area is 121 Å². The Balaban J connectivity index is 1.80. The second-order valence-corrected chi connectivity index (χ2v) is 5.38. The highest BCUT2D eigenvalue weighted by Gasteiger charge is 2.20. The lowest BCUT2D eigenvalue weighted by atomic mass is 10.1. The standard InChI is InChI=1S/C16H24N2O2/c1-14-4-3-5-15(12-14)13-16(19)18-8-6-17(7-9-18)10-11-20-2/h3-5,12H,6-11,13H2,1-2H3. The number of amides is 1. The molecule has 0 saturated carbocycles. The smallest absolute Gasteiger partial charge is 0.227 e. The maximum absolute atomic E-state index is 12.3. The number of methoxy groups -OCH3 is 1. The molecule has 0 radical (unpaired) electrons. The van der Waals surface area contributed by atoms with Crippen LogP contribution in [0.15, 0.2) is 24.3 Å². The first-order valence-electron chi connectivity index (χ1n) is 7.23. The van der Waals surface area contributed by atoms with Crippen molar-refractivity contribution in [3.05, 3.63) is 35.4 Å². The molecule has 1 aromatic rings. The molecule has 1 aliphatic rings. The average Bonchev–Trinajstić information content (AvgIpc) is 2.45. The van der Waals surface area contributed by atoms with Crippen molar-refractivity contribution < 1.29 is 9.53 Å². The Morgan fingerprint density at radius 3 is 2.65 bits per heavy atom. The van der Waals surface area contributed by atoms with Crippen molar-refractivity contribution >= 4 is 5.91 Å². The third-order valence-electron chi connectivity index (χ3n) is 3.77. The number of rotatable bonds is 5. The molecule has 20 heavy (non-hydrogen) atoms. The Bertz CT molecular complexity index is 440. The van der Waals surface area contributed by atoms with Crippen LogP contribution in [0.3, 0.4) is 0 Å². The van der Waals surface area contributed by atoms with Crippen molar-refractivity contribution in [3.63, 3.8) is 0 Å². The van der Waals surface area contributed by atoms with Gasteiger partial charge in [-0.1, -0.05) is 29.8 Å². The molecule has 0 atom stereocenters. The Morgan fingerprint density at radius 1 is 1.25 bits per heavy atom. The quantitative estimate of drug-likeness (QED) is 0.813. The number of aryl methyl sites for hydroxylation is 1. The van der Waals surface area contributed by atoms with Crippen LogP contribution in [0.2, 0.25) is 0 Å². The van der Waals surface area contributed by atoms with Gasteiger partial charge >= 0.3 is 0 Å². The minimum Gasteiger partial charge on any atom is -0.383 e. The summed E-state index contributed by atoms with van der Waals surface area (Å²) in [6.07, 6.45) is 0.514. The van der Waals surface area contributed by atoms with Crippen LogP contribution in [0.4, 0.5) is 0 Å². The Kier molecular flexibility index (Phi) is 5.56. The number of hydrogen-bond acceptors (Lipinski definition) is 3. The number of hydrogen-bond donors (Lipinski definition) is 0. The third-order valence-corrected chi connectivity index (χ3v) is 3.77. The fourth-order valence-corrected chi connectivity index (χ4v) is 2.55. The van der Waals surface area contributed by atoms with E-state index in [2.05, 4.69) is 24.0 Å². The van der Waals surface area contributed by atoms with Crippen molar-refractivity contribution in [1.82, 2.24) is 9.80 Å². The van der Waals surface area contributed by atoms with Crippen LogP contribution in [0.25, 0.3) is 0 Å². The molecule has 0 aromatic heterocycles. The van der Waals surface area contributed by atoms with E-state index in [1.807, 2.05) is 17.0 Å². The topological polar surface area (TPSA) is 32.8 Å². The number of benzene rings is 1. The predicted molar refractivity (Wildman–Crippen MR) is 79.8 cm³/mol. The van der Waals surface area contributed by atoms with Crippen LogP contribution >= 0.6 is 0 Å². The van der Waals surface area contributed by atoms with Crippen LogP contribution in [0.1, 0.15) is 11.1 Å². The zero-order valence-electron chi connectivity index (χ0n) is 12.5. The lowest BCUT2D eigenvalue weighted by Crippen LogP contribution is -2.49. The van der Waals surface area contributed by atoms with Gasteiger partial charge in [0, 0.05) is 39.8 Å². The highest BCUT2D eigenvalue weighted by atomic mass is 16.5. The number of carbonyl (C=O) groups excluding carboxylic acids is 1. The van der Waals surface area contributed by atoms with Gasteiger partial charge in [-0.05, 0) is 12.5 Å². The molecule has 0 N–H and O–H groups in total. The van der Waals surface area contributed by atoms with Gasteiger partial charge in [0.25, 0.3) is 0 Å². The summed E-state index contributed by atoms with van der Waals surface area (Å²) in [4.78, 5) is 16.6. The molecular formula is C16H24N2O2. The average molecular weight is 276 g/mol. The van der Waals surface area contributed by atoms with Crippen molar-refractivity contribution in [3.8, 4) is 0 Å². The summed E-state index contributed by atoms with van der Waals surface area (Å²) in [5.74, 6) is 0.238. The van der Waals surface area contributed by atoms with Crippen LogP contribution in [0, 0.1) is 6.92 Å². The molecule has 4 nitrogen and oxygen atoms in total. The van der Waals surface area contributed by atoms with Gasteiger partial charge in [0.1, 0.15) is 0 Å². The summed E-state index contributed by atoms with van der Waals surface area (Å²) in [5, 5.41) is 0. The number of ether oxygens (including phenoxy) is 1. The largest absolute Gasteiger partial charge is 0.383 e. The van der Waals surface area contributed by atoms with Crippen LogP contribution < -0.4 is 0 Å². The molecule has 0 aliphatic carbocycles.